The molecule has 0 saturated carbocycles. The minimum absolute atomic E-state index is 0.0195. The molecular formula is C16H20ClN3O. The third-order valence-electron chi connectivity index (χ3n) is 3.82. The predicted octanol–water partition coefficient (Wildman–Crippen LogP) is 3.22. The van der Waals surface area contributed by atoms with Crippen molar-refractivity contribution < 1.29 is 4.79 Å². The van der Waals surface area contributed by atoms with E-state index in [-0.39, 0.29) is 18.0 Å². The number of amides is 2. The number of hydrogen-bond acceptors (Lipinski definition) is 2. The smallest absolute Gasteiger partial charge is 0.317 e. The highest BCUT2D eigenvalue weighted by molar-refractivity contribution is 6.31. The first-order chi connectivity index (χ1) is 10.1. The van der Waals surface area contributed by atoms with E-state index in [2.05, 4.69) is 11.4 Å². The summed E-state index contributed by atoms with van der Waals surface area (Å²) in [5, 5.41) is 12.6. The normalized spacial score (nSPS) is 17.1. The summed E-state index contributed by atoms with van der Waals surface area (Å²) in [6, 6.07) is 9.92. The molecule has 0 spiro atoms. The summed E-state index contributed by atoms with van der Waals surface area (Å²) >= 11 is 6.13. The van der Waals surface area contributed by atoms with Crippen molar-refractivity contribution in [2.24, 2.45) is 5.92 Å². The first-order valence-corrected chi connectivity index (χ1v) is 7.66. The number of halogens is 1. The molecule has 1 fully saturated rings. The Labute approximate surface area is 130 Å². The number of carbonyl (C=O) groups is 1. The van der Waals surface area contributed by atoms with Crippen LogP contribution in [0.4, 0.5) is 4.79 Å². The van der Waals surface area contributed by atoms with Crippen molar-refractivity contribution in [2.75, 3.05) is 13.1 Å². The van der Waals surface area contributed by atoms with Gasteiger partial charge in [-0.05, 0) is 37.8 Å². The number of rotatable bonds is 3. The van der Waals surface area contributed by atoms with Gasteiger partial charge < -0.3 is 10.2 Å². The van der Waals surface area contributed by atoms with Crippen LogP contribution in [0.15, 0.2) is 24.3 Å². The average Bonchev–Trinajstić information content (AvgIpc) is 2.49. The number of piperidine rings is 1. The fraction of sp³-hybridized carbons (Fsp3) is 0.500. The van der Waals surface area contributed by atoms with Crippen molar-refractivity contribution in [2.45, 2.75) is 32.2 Å². The second-order valence-corrected chi connectivity index (χ2v) is 5.94. The number of nitrogens with zero attached hydrogens (tertiary/aromatic N) is 2. The van der Waals surface area contributed by atoms with E-state index in [0.29, 0.717) is 19.5 Å². The van der Waals surface area contributed by atoms with Crippen molar-refractivity contribution in [1.82, 2.24) is 10.2 Å². The number of likely N-dealkylation sites (tertiary alicyclic amines) is 1. The van der Waals surface area contributed by atoms with Crippen molar-refractivity contribution in [1.29, 1.82) is 5.26 Å². The summed E-state index contributed by atoms with van der Waals surface area (Å²) in [4.78, 5) is 14.0. The molecule has 1 saturated heterocycles. The molecule has 0 aliphatic carbocycles. The maximum atomic E-state index is 12.2. The number of benzene rings is 1. The topological polar surface area (TPSA) is 56.1 Å². The zero-order valence-electron chi connectivity index (χ0n) is 12.2. The first-order valence-electron chi connectivity index (χ1n) is 7.28. The second kappa shape index (κ2) is 7.33. The van der Waals surface area contributed by atoms with Gasteiger partial charge in [-0.15, -0.1) is 0 Å². The molecule has 112 valence electrons. The Balaban J connectivity index is 1.83. The monoisotopic (exact) mass is 305 g/mol. The molecule has 1 unspecified atom stereocenters. The van der Waals surface area contributed by atoms with Crippen molar-refractivity contribution in [3.8, 4) is 6.07 Å². The summed E-state index contributed by atoms with van der Waals surface area (Å²) in [7, 11) is 0. The van der Waals surface area contributed by atoms with Gasteiger partial charge in [-0.2, -0.15) is 5.26 Å². The average molecular weight is 306 g/mol. The van der Waals surface area contributed by atoms with E-state index in [1.165, 1.54) is 0 Å². The van der Waals surface area contributed by atoms with Crippen LogP contribution in [0.2, 0.25) is 5.02 Å². The highest BCUT2D eigenvalue weighted by Gasteiger charge is 2.23. The van der Waals surface area contributed by atoms with Crippen LogP contribution in [0, 0.1) is 17.2 Å². The van der Waals surface area contributed by atoms with Crippen molar-refractivity contribution in [3.63, 3.8) is 0 Å². The van der Waals surface area contributed by atoms with Gasteiger partial charge >= 0.3 is 6.03 Å². The Morgan fingerprint density at radius 1 is 1.48 bits per heavy atom. The summed E-state index contributed by atoms with van der Waals surface area (Å²) in [5.41, 5.74) is 1.04. The van der Waals surface area contributed by atoms with E-state index in [0.717, 1.165) is 23.4 Å². The lowest BCUT2D eigenvalue weighted by atomic mass is 9.99. The molecule has 0 bridgehead atoms. The molecule has 2 rings (SSSR count). The van der Waals surface area contributed by atoms with Gasteiger partial charge in [-0.25, -0.2) is 4.79 Å². The minimum Gasteiger partial charge on any atom is -0.335 e. The van der Waals surface area contributed by atoms with Crippen molar-refractivity contribution in [3.05, 3.63) is 34.9 Å². The SMILES string of the molecule is CC(Cc1ccccc1Cl)NC(=O)N1CCC(C#N)CC1. The third kappa shape index (κ3) is 4.37. The number of carbonyl (C=O) groups excluding carboxylic acids is 1. The lowest BCUT2D eigenvalue weighted by Crippen LogP contribution is -2.47. The molecule has 1 aromatic carbocycles. The molecule has 5 heteroatoms. The molecular weight excluding hydrogens is 286 g/mol. The quantitative estimate of drug-likeness (QED) is 0.932. The van der Waals surface area contributed by atoms with Crippen LogP contribution >= 0.6 is 11.6 Å². The summed E-state index contributed by atoms with van der Waals surface area (Å²) in [5.74, 6) is 0.0922. The summed E-state index contributed by atoms with van der Waals surface area (Å²) < 4.78 is 0. The fourth-order valence-corrected chi connectivity index (χ4v) is 2.77. The van der Waals surface area contributed by atoms with Gasteiger partial charge in [0.1, 0.15) is 0 Å². The molecule has 1 aliphatic heterocycles. The number of hydrogen-bond donors (Lipinski definition) is 1. The molecule has 0 radical (unpaired) electrons. The molecule has 1 aromatic rings. The Kier molecular flexibility index (Phi) is 5.46. The lowest BCUT2D eigenvalue weighted by molar-refractivity contribution is 0.176. The van der Waals surface area contributed by atoms with Gasteiger partial charge in [0.15, 0.2) is 0 Å². The highest BCUT2D eigenvalue weighted by atomic mass is 35.5. The number of nitrogens with one attached hydrogen (secondary N) is 1. The van der Waals surface area contributed by atoms with Crippen LogP contribution in [-0.4, -0.2) is 30.1 Å². The van der Waals surface area contributed by atoms with Crippen LogP contribution in [0.1, 0.15) is 25.3 Å². The van der Waals surface area contributed by atoms with Gasteiger partial charge in [0.2, 0.25) is 0 Å². The molecule has 1 atom stereocenters. The first kappa shape index (κ1) is 15.7. The van der Waals surface area contributed by atoms with Crippen LogP contribution in [0.3, 0.4) is 0 Å². The van der Waals surface area contributed by atoms with Gasteiger partial charge in [0, 0.05) is 30.1 Å². The lowest BCUT2D eigenvalue weighted by Gasteiger charge is -2.30. The van der Waals surface area contributed by atoms with E-state index >= 15 is 0 Å². The molecule has 0 aromatic heterocycles. The minimum atomic E-state index is -0.0501. The van der Waals surface area contributed by atoms with E-state index in [4.69, 9.17) is 16.9 Å². The highest BCUT2D eigenvalue weighted by Crippen LogP contribution is 2.18. The van der Waals surface area contributed by atoms with E-state index < -0.39 is 0 Å². The van der Waals surface area contributed by atoms with Gasteiger partial charge in [0.05, 0.1) is 6.07 Å². The number of urea groups is 1. The maximum Gasteiger partial charge on any atom is 0.317 e. The molecule has 21 heavy (non-hydrogen) atoms. The van der Waals surface area contributed by atoms with Gasteiger partial charge in [-0.3, -0.25) is 0 Å². The van der Waals surface area contributed by atoms with E-state index in [9.17, 15) is 4.79 Å². The summed E-state index contributed by atoms with van der Waals surface area (Å²) in [6.07, 6.45) is 2.24. The van der Waals surface area contributed by atoms with E-state index in [1.54, 1.807) is 4.90 Å². The molecule has 1 heterocycles. The Hall–Kier alpha value is -1.73. The second-order valence-electron chi connectivity index (χ2n) is 5.54. The van der Waals surface area contributed by atoms with E-state index in [1.807, 2.05) is 31.2 Å². The summed E-state index contributed by atoms with van der Waals surface area (Å²) in [6.45, 7) is 3.29. The number of nitriles is 1. The Morgan fingerprint density at radius 3 is 2.76 bits per heavy atom. The van der Waals surface area contributed by atoms with Crippen LogP contribution in [0.5, 0.6) is 0 Å². The van der Waals surface area contributed by atoms with Crippen molar-refractivity contribution >= 4 is 17.6 Å². The van der Waals surface area contributed by atoms with Gasteiger partial charge in [-0.1, -0.05) is 29.8 Å². The predicted molar refractivity (Wildman–Crippen MR) is 83.1 cm³/mol. The standard InChI is InChI=1S/C16H20ClN3O/c1-12(10-14-4-2-3-5-15(14)17)19-16(21)20-8-6-13(11-18)7-9-20/h2-5,12-13H,6-10H2,1H3,(H,19,21). The van der Waals surface area contributed by atoms with Crippen LogP contribution in [-0.2, 0) is 6.42 Å². The fourth-order valence-electron chi connectivity index (χ4n) is 2.56. The zero-order valence-corrected chi connectivity index (χ0v) is 12.9. The molecule has 1 N–H and O–H groups in total. The largest absolute Gasteiger partial charge is 0.335 e. The van der Waals surface area contributed by atoms with Crippen LogP contribution < -0.4 is 5.32 Å². The maximum absolute atomic E-state index is 12.2. The molecule has 2 amide bonds. The van der Waals surface area contributed by atoms with Gasteiger partial charge in [0.25, 0.3) is 0 Å². The zero-order chi connectivity index (χ0) is 15.2. The Morgan fingerprint density at radius 2 is 2.14 bits per heavy atom. The van der Waals surface area contributed by atoms with Crippen LogP contribution in [0.25, 0.3) is 0 Å². The molecule has 4 nitrogen and oxygen atoms in total. The Bertz CT molecular complexity index is 533. The molecule has 1 aliphatic rings. The third-order valence-corrected chi connectivity index (χ3v) is 4.19.